The number of aryl methyl sites for hydroxylation is 15. The molecule has 10 aromatic rings. The number of pyridine rings is 5. The molecule has 0 fully saturated rings. The van der Waals surface area contributed by atoms with Crippen LogP contribution < -0.4 is 0 Å². The average Bonchev–Trinajstić information content (AvgIpc) is 3.43. The van der Waals surface area contributed by atoms with E-state index in [1.165, 1.54) is 115 Å². The molecule has 0 unspecified atom stereocenters. The molecule has 0 N–H and O–H groups in total. The maximum Gasteiger partial charge on any atom is 0.0707 e. The third-order valence-corrected chi connectivity index (χ3v) is 13.2. The first-order valence-electron chi connectivity index (χ1n) is 27.6. The normalized spacial score (nSPS) is 9.67. The van der Waals surface area contributed by atoms with E-state index in [1.54, 1.807) is 0 Å². The monoisotopic (exact) mass is 1010 g/mol. The lowest BCUT2D eigenvalue weighted by Gasteiger charge is -2.07. The predicted molar refractivity (Wildman–Crippen MR) is 337 cm³/mol. The summed E-state index contributed by atoms with van der Waals surface area (Å²) >= 11 is 0. The molecule has 5 nitrogen and oxygen atoms in total. The molecule has 400 valence electrons. The van der Waals surface area contributed by atoms with Gasteiger partial charge in [-0.05, 0) is 217 Å². The van der Waals surface area contributed by atoms with Crippen LogP contribution in [0, 0.1) is 104 Å². The van der Waals surface area contributed by atoms with E-state index in [4.69, 9.17) is 0 Å². The first-order chi connectivity index (χ1) is 36.0. The molecule has 0 atom stereocenters. The van der Waals surface area contributed by atoms with E-state index in [0.29, 0.717) is 0 Å². The Bertz CT molecular complexity index is 2810. The fourth-order valence-corrected chi connectivity index (χ4v) is 8.69. The highest BCUT2D eigenvalue weighted by molar-refractivity contribution is 5.90. The quantitative estimate of drug-likeness (QED) is 0.151. The third kappa shape index (κ3) is 17.4. The Balaban J connectivity index is 0.000000449. The molecule has 0 spiro atoms. The Morgan fingerprint density at radius 2 is 0.680 bits per heavy atom. The molecule has 5 heteroatoms. The number of rotatable bonds is 0. The Kier molecular flexibility index (Phi) is 29.9. The molecular formula is C70H95N5. The lowest BCUT2D eigenvalue weighted by Crippen LogP contribution is -1.90. The smallest absolute Gasteiger partial charge is 0.0707 e. The highest BCUT2D eigenvalue weighted by Crippen LogP contribution is 2.27. The van der Waals surface area contributed by atoms with E-state index < -0.39 is 0 Å². The lowest BCUT2D eigenvalue weighted by molar-refractivity contribution is 1.17. The molecule has 0 radical (unpaired) electrons. The van der Waals surface area contributed by atoms with Crippen LogP contribution >= 0.6 is 0 Å². The summed E-state index contributed by atoms with van der Waals surface area (Å²) in [5, 5.41) is 10.4. The number of hydrogen-bond donors (Lipinski definition) is 0. The van der Waals surface area contributed by atoms with Crippen molar-refractivity contribution in [2.75, 3.05) is 0 Å². The van der Waals surface area contributed by atoms with E-state index in [2.05, 4.69) is 214 Å². The molecule has 0 aliphatic rings. The van der Waals surface area contributed by atoms with E-state index in [0.717, 1.165) is 22.4 Å². The van der Waals surface area contributed by atoms with Crippen molar-refractivity contribution in [3.05, 3.63) is 206 Å². The summed E-state index contributed by atoms with van der Waals surface area (Å²) in [6.07, 6.45) is 11.5. The molecule has 5 heterocycles. The van der Waals surface area contributed by atoms with Crippen molar-refractivity contribution in [2.24, 2.45) is 0 Å². The molecule has 5 aromatic heterocycles. The van der Waals surface area contributed by atoms with Crippen LogP contribution in [0.2, 0.25) is 0 Å². The van der Waals surface area contributed by atoms with Crippen molar-refractivity contribution in [2.45, 2.75) is 173 Å². The van der Waals surface area contributed by atoms with Crippen LogP contribution in [0.5, 0.6) is 0 Å². The molecular weight excluding hydrogens is 911 g/mol. The van der Waals surface area contributed by atoms with Crippen LogP contribution in [0.1, 0.15) is 153 Å². The summed E-state index contributed by atoms with van der Waals surface area (Å²) in [5.41, 5.74) is 21.7. The molecule has 10 rings (SSSR count). The second kappa shape index (κ2) is 33.9. The van der Waals surface area contributed by atoms with E-state index in [-0.39, 0.29) is 0 Å². The Labute approximate surface area is 455 Å². The summed E-state index contributed by atoms with van der Waals surface area (Å²) in [6, 6.07) is 29.5. The summed E-state index contributed by atoms with van der Waals surface area (Å²) < 4.78 is 0. The van der Waals surface area contributed by atoms with Crippen molar-refractivity contribution in [3.63, 3.8) is 0 Å². The summed E-state index contributed by atoms with van der Waals surface area (Å²) in [4.78, 5) is 21.6. The zero-order valence-corrected chi connectivity index (χ0v) is 51.3. The summed E-state index contributed by atoms with van der Waals surface area (Å²) in [5.74, 6) is 0. The van der Waals surface area contributed by atoms with Gasteiger partial charge in [0, 0.05) is 75.5 Å². The molecule has 0 saturated heterocycles. The second-order valence-corrected chi connectivity index (χ2v) is 17.6. The minimum Gasteiger partial charge on any atom is -0.264 e. The van der Waals surface area contributed by atoms with Gasteiger partial charge >= 0.3 is 0 Å². The first kappa shape index (κ1) is 66.2. The van der Waals surface area contributed by atoms with Gasteiger partial charge in [0.05, 0.1) is 11.0 Å². The Morgan fingerprint density at radius 3 is 1.28 bits per heavy atom. The van der Waals surface area contributed by atoms with Crippen LogP contribution in [-0.2, 0) is 0 Å². The highest BCUT2D eigenvalue weighted by Gasteiger charge is 2.07. The predicted octanol–water partition coefficient (Wildman–Crippen LogP) is 20.9. The highest BCUT2D eigenvalue weighted by atomic mass is 14.7. The van der Waals surface area contributed by atoms with Crippen molar-refractivity contribution in [3.8, 4) is 0 Å². The van der Waals surface area contributed by atoms with Crippen LogP contribution in [0.25, 0.3) is 54.1 Å². The van der Waals surface area contributed by atoms with Gasteiger partial charge in [0.2, 0.25) is 0 Å². The van der Waals surface area contributed by atoms with Gasteiger partial charge < -0.3 is 0 Å². The molecule has 0 aliphatic carbocycles. The van der Waals surface area contributed by atoms with E-state index in [1.807, 2.05) is 106 Å². The molecule has 0 amide bonds. The van der Waals surface area contributed by atoms with Gasteiger partial charge in [0.25, 0.3) is 0 Å². The lowest BCUT2D eigenvalue weighted by atomic mass is 9.99. The second-order valence-electron chi connectivity index (χ2n) is 17.6. The Hall–Kier alpha value is -6.85. The van der Waals surface area contributed by atoms with Gasteiger partial charge in [-0.25, -0.2) is 0 Å². The van der Waals surface area contributed by atoms with Crippen molar-refractivity contribution in [1.82, 2.24) is 24.9 Å². The molecule has 5 aromatic carbocycles. The van der Waals surface area contributed by atoms with Crippen molar-refractivity contribution in [1.29, 1.82) is 0 Å². The van der Waals surface area contributed by atoms with Gasteiger partial charge in [-0.3, -0.25) is 24.9 Å². The van der Waals surface area contributed by atoms with E-state index >= 15 is 0 Å². The molecule has 0 aliphatic heterocycles. The first-order valence-corrected chi connectivity index (χ1v) is 27.6. The number of aromatic nitrogens is 5. The fraction of sp³-hybridized carbons (Fsp3) is 0.357. The zero-order chi connectivity index (χ0) is 57.1. The van der Waals surface area contributed by atoms with Gasteiger partial charge in [0.1, 0.15) is 0 Å². The van der Waals surface area contributed by atoms with Crippen LogP contribution in [0.15, 0.2) is 122 Å². The largest absolute Gasteiger partial charge is 0.264 e. The minimum absolute atomic E-state index is 1.10. The van der Waals surface area contributed by atoms with Crippen molar-refractivity contribution < 1.29 is 0 Å². The van der Waals surface area contributed by atoms with Gasteiger partial charge in [0.15, 0.2) is 0 Å². The maximum atomic E-state index is 4.40. The van der Waals surface area contributed by atoms with Crippen LogP contribution in [-0.4, -0.2) is 24.9 Å². The number of fused-ring (bicyclic) bond motifs is 5. The standard InChI is InChI=1S/5C12H13N.5C2H6/c1-8-4-5-11-7-13-6-9(2)12(11)10(8)3;1-8-4-5-11-6-7-13-10(3)12(11)9(8)2;1-8-4-5-11-12(10(8)3)9(2)6-7-13-11;1-8-5-4-6-11-7-13-10(3)9(2)12(8)11;1-8-5-4-6-11-12(8)10(3)9(2)7-13-11;5*1-2/h5*4-7H,1-3H3;5*1-2H3. The number of nitrogens with zero attached hydrogens (tertiary/aromatic N) is 5. The van der Waals surface area contributed by atoms with Gasteiger partial charge in [-0.2, -0.15) is 0 Å². The summed E-state index contributed by atoms with van der Waals surface area (Å²) in [6.45, 7) is 52.0. The third-order valence-electron chi connectivity index (χ3n) is 13.2. The van der Waals surface area contributed by atoms with Crippen LogP contribution in [0.4, 0.5) is 0 Å². The SMILES string of the molecule is CC.CC.CC.CC.CC.Cc1ccc2ccnc(C)c2c1C.Cc1ccc2cncc(C)c2c1C.Cc1ccc2nccc(C)c2c1C.Cc1cnc2cccc(C)c2c1C.Cc1ncc2cccc(C)c2c1C. The number of hydrogen-bond acceptors (Lipinski definition) is 5. The Morgan fingerprint density at radius 1 is 0.240 bits per heavy atom. The topological polar surface area (TPSA) is 64.5 Å². The maximum absolute atomic E-state index is 4.40. The average molecular weight is 1010 g/mol. The van der Waals surface area contributed by atoms with Crippen LogP contribution in [0.3, 0.4) is 0 Å². The van der Waals surface area contributed by atoms with E-state index in [9.17, 15) is 0 Å². The molecule has 75 heavy (non-hydrogen) atoms. The molecule has 0 bridgehead atoms. The summed E-state index contributed by atoms with van der Waals surface area (Å²) in [7, 11) is 0. The van der Waals surface area contributed by atoms with Gasteiger partial charge in [-0.1, -0.05) is 130 Å². The molecule has 0 saturated carbocycles. The van der Waals surface area contributed by atoms with Crippen molar-refractivity contribution >= 4 is 54.1 Å². The minimum atomic E-state index is 1.10. The number of benzene rings is 5. The zero-order valence-electron chi connectivity index (χ0n) is 51.3. The van der Waals surface area contributed by atoms with Gasteiger partial charge in [-0.15, -0.1) is 0 Å². The fourth-order valence-electron chi connectivity index (χ4n) is 8.69.